The highest BCUT2D eigenvalue weighted by atomic mass is 127. The largest absolute Gasteiger partial charge is 0.387 e. The van der Waals surface area contributed by atoms with Crippen molar-refractivity contribution in [3.8, 4) is 0 Å². The third-order valence-electron chi connectivity index (χ3n) is 3.68. The molecule has 0 amide bonds. The Labute approximate surface area is 138 Å². The molecule has 0 unspecified atom stereocenters. The topological polar surface area (TPSA) is 47.9 Å². The summed E-state index contributed by atoms with van der Waals surface area (Å²) in [4.78, 5) is 0. The van der Waals surface area contributed by atoms with E-state index in [9.17, 15) is 5.11 Å². The minimum Gasteiger partial charge on any atom is -0.387 e. The Morgan fingerprint density at radius 3 is 2.67 bits per heavy atom. The van der Waals surface area contributed by atoms with E-state index < -0.39 is 11.9 Å². The predicted molar refractivity (Wildman–Crippen MR) is 87.0 cm³/mol. The number of hydrogen-bond acceptors (Lipinski definition) is 4. The van der Waals surface area contributed by atoms with Crippen LogP contribution in [0.4, 0.5) is 0 Å². The number of fused-ring (bicyclic) bond motifs is 1. The molecule has 0 bridgehead atoms. The first kappa shape index (κ1) is 15.4. The predicted octanol–water partition coefficient (Wildman–Crippen LogP) is 2.79. The van der Waals surface area contributed by atoms with Gasteiger partial charge in [-0.3, -0.25) is 0 Å². The number of ether oxygens (including phenoxy) is 3. The highest BCUT2D eigenvalue weighted by molar-refractivity contribution is 14.1. The van der Waals surface area contributed by atoms with Gasteiger partial charge in [0.2, 0.25) is 0 Å². The van der Waals surface area contributed by atoms with Crippen LogP contribution < -0.4 is 0 Å². The highest BCUT2D eigenvalue weighted by Crippen LogP contribution is 2.40. The summed E-state index contributed by atoms with van der Waals surface area (Å²) in [6, 6.07) is 9.93. The number of benzene rings is 1. The maximum atomic E-state index is 10.5. The van der Waals surface area contributed by atoms with Gasteiger partial charge in [-0.15, -0.1) is 0 Å². The SMILES string of the molecule is CC1(C)O[C@H]2[C@H](O)[C@H](OCc3ccccc3)C=C(I)[C@H]2O1. The molecule has 1 saturated heterocycles. The van der Waals surface area contributed by atoms with Crippen molar-refractivity contribution >= 4 is 22.6 Å². The molecule has 4 atom stereocenters. The van der Waals surface area contributed by atoms with E-state index in [1.807, 2.05) is 50.3 Å². The number of hydrogen-bond donors (Lipinski definition) is 1. The lowest BCUT2D eigenvalue weighted by atomic mass is 9.96. The van der Waals surface area contributed by atoms with Crippen LogP contribution in [0, 0.1) is 0 Å². The van der Waals surface area contributed by atoms with Crippen LogP contribution in [-0.2, 0) is 20.8 Å². The molecule has 1 N–H and O–H groups in total. The molecule has 2 aliphatic rings. The molecule has 1 aliphatic heterocycles. The van der Waals surface area contributed by atoms with Crippen LogP contribution >= 0.6 is 22.6 Å². The van der Waals surface area contributed by atoms with Crippen molar-refractivity contribution in [1.82, 2.24) is 0 Å². The average Bonchev–Trinajstić information content (AvgIpc) is 2.79. The van der Waals surface area contributed by atoms with Crippen LogP contribution in [-0.4, -0.2) is 35.3 Å². The van der Waals surface area contributed by atoms with Gasteiger partial charge >= 0.3 is 0 Å². The summed E-state index contributed by atoms with van der Waals surface area (Å²) in [5, 5.41) is 10.5. The standard InChI is InChI=1S/C16H19IO4/c1-16(2)20-14-11(17)8-12(13(18)15(14)21-16)19-9-10-6-4-3-5-7-10/h3-8,12-15,18H,9H2,1-2H3/t12-,13-,14-,15+/m1/s1. The average molecular weight is 402 g/mol. The minimum atomic E-state index is -0.723. The Balaban J connectivity index is 1.70. The summed E-state index contributed by atoms with van der Waals surface area (Å²) in [6.45, 7) is 4.19. The maximum Gasteiger partial charge on any atom is 0.164 e. The molecule has 1 heterocycles. The van der Waals surface area contributed by atoms with E-state index in [0.29, 0.717) is 6.61 Å². The first-order valence-electron chi connectivity index (χ1n) is 7.03. The van der Waals surface area contributed by atoms with E-state index in [1.165, 1.54) is 0 Å². The molecule has 21 heavy (non-hydrogen) atoms. The second kappa shape index (κ2) is 5.96. The number of rotatable bonds is 3. The lowest BCUT2D eigenvalue weighted by molar-refractivity contribution is -0.161. The summed E-state index contributed by atoms with van der Waals surface area (Å²) < 4.78 is 18.5. The molecular formula is C16H19IO4. The van der Waals surface area contributed by atoms with Gasteiger partial charge in [0.1, 0.15) is 24.4 Å². The van der Waals surface area contributed by atoms with Crippen LogP contribution in [0.15, 0.2) is 40.0 Å². The molecule has 0 aromatic heterocycles. The second-order valence-electron chi connectivity index (χ2n) is 5.82. The zero-order valence-electron chi connectivity index (χ0n) is 12.0. The van der Waals surface area contributed by atoms with Crippen molar-refractivity contribution in [2.24, 2.45) is 0 Å². The van der Waals surface area contributed by atoms with E-state index in [4.69, 9.17) is 14.2 Å². The molecular weight excluding hydrogens is 383 g/mol. The fraction of sp³-hybridized carbons (Fsp3) is 0.500. The monoisotopic (exact) mass is 402 g/mol. The van der Waals surface area contributed by atoms with Crippen molar-refractivity contribution in [3.05, 3.63) is 45.6 Å². The van der Waals surface area contributed by atoms with Gasteiger partial charge in [-0.05, 0) is 48.1 Å². The first-order chi connectivity index (χ1) is 9.96. The normalized spacial score (nSPS) is 34.4. The molecule has 0 saturated carbocycles. The zero-order valence-corrected chi connectivity index (χ0v) is 14.2. The van der Waals surface area contributed by atoms with Crippen LogP contribution in [0.3, 0.4) is 0 Å². The summed E-state index contributed by atoms with van der Waals surface area (Å²) in [6.07, 6.45) is 0.250. The highest BCUT2D eigenvalue weighted by Gasteiger charge is 2.50. The smallest absolute Gasteiger partial charge is 0.164 e. The first-order valence-corrected chi connectivity index (χ1v) is 8.10. The number of halogens is 1. The fourth-order valence-electron chi connectivity index (χ4n) is 2.70. The van der Waals surface area contributed by atoms with Crippen molar-refractivity contribution in [2.75, 3.05) is 0 Å². The molecule has 1 aromatic rings. The van der Waals surface area contributed by atoms with Gasteiger partial charge in [0.05, 0.1) is 6.61 Å². The van der Waals surface area contributed by atoms with Gasteiger partial charge in [-0.1, -0.05) is 30.3 Å². The Morgan fingerprint density at radius 1 is 1.24 bits per heavy atom. The van der Waals surface area contributed by atoms with E-state index in [2.05, 4.69) is 22.6 Å². The van der Waals surface area contributed by atoms with Crippen molar-refractivity contribution in [3.63, 3.8) is 0 Å². The van der Waals surface area contributed by atoms with Crippen LogP contribution in [0.1, 0.15) is 19.4 Å². The summed E-state index contributed by atoms with van der Waals surface area (Å²) in [5.41, 5.74) is 1.08. The van der Waals surface area contributed by atoms with Crippen LogP contribution in [0.25, 0.3) is 0 Å². The molecule has 1 aliphatic carbocycles. The molecule has 0 radical (unpaired) electrons. The van der Waals surface area contributed by atoms with Crippen molar-refractivity contribution < 1.29 is 19.3 Å². The lowest BCUT2D eigenvalue weighted by Crippen LogP contribution is -2.47. The second-order valence-corrected chi connectivity index (χ2v) is 7.07. The van der Waals surface area contributed by atoms with Gasteiger partial charge in [0.15, 0.2) is 5.79 Å². The van der Waals surface area contributed by atoms with E-state index >= 15 is 0 Å². The Hall–Kier alpha value is -0.470. The van der Waals surface area contributed by atoms with Gasteiger partial charge < -0.3 is 19.3 Å². The van der Waals surface area contributed by atoms with Crippen LogP contribution in [0.5, 0.6) is 0 Å². The third-order valence-corrected chi connectivity index (χ3v) is 4.66. The Kier molecular flexibility index (Phi) is 4.38. The third kappa shape index (κ3) is 3.32. The fourth-order valence-corrected chi connectivity index (χ4v) is 3.54. The molecule has 5 heteroatoms. The molecule has 1 aromatic carbocycles. The molecule has 1 fully saturated rings. The lowest BCUT2D eigenvalue weighted by Gasteiger charge is -2.32. The number of aliphatic hydroxyl groups is 1. The number of aliphatic hydroxyl groups excluding tert-OH is 1. The van der Waals surface area contributed by atoms with Gasteiger partial charge in [-0.2, -0.15) is 0 Å². The summed E-state index contributed by atoms with van der Waals surface area (Å²) >= 11 is 2.24. The summed E-state index contributed by atoms with van der Waals surface area (Å²) in [7, 11) is 0. The molecule has 4 nitrogen and oxygen atoms in total. The van der Waals surface area contributed by atoms with Gasteiger partial charge in [0.25, 0.3) is 0 Å². The summed E-state index contributed by atoms with van der Waals surface area (Å²) in [5.74, 6) is -0.672. The van der Waals surface area contributed by atoms with Crippen LogP contribution in [0.2, 0.25) is 0 Å². The van der Waals surface area contributed by atoms with E-state index in [0.717, 1.165) is 9.14 Å². The Bertz CT molecular complexity index is 528. The van der Waals surface area contributed by atoms with Gasteiger partial charge in [0, 0.05) is 3.58 Å². The molecule has 114 valence electrons. The van der Waals surface area contributed by atoms with E-state index in [1.54, 1.807) is 0 Å². The van der Waals surface area contributed by atoms with Crippen molar-refractivity contribution in [1.29, 1.82) is 0 Å². The van der Waals surface area contributed by atoms with E-state index in [-0.39, 0.29) is 18.3 Å². The maximum absolute atomic E-state index is 10.5. The zero-order chi connectivity index (χ0) is 15.0. The minimum absolute atomic E-state index is 0.202. The Morgan fingerprint density at radius 2 is 1.95 bits per heavy atom. The van der Waals surface area contributed by atoms with Crippen molar-refractivity contribution in [2.45, 2.75) is 50.7 Å². The quantitative estimate of drug-likeness (QED) is 0.791. The molecule has 3 rings (SSSR count). The molecule has 0 spiro atoms. The van der Waals surface area contributed by atoms with Gasteiger partial charge in [-0.25, -0.2) is 0 Å².